The quantitative estimate of drug-likeness (QED) is 0.608. The van der Waals surface area contributed by atoms with Crippen LogP contribution in [0.3, 0.4) is 0 Å². The fourth-order valence-corrected chi connectivity index (χ4v) is 3.49. The van der Waals surface area contributed by atoms with Gasteiger partial charge in [0.15, 0.2) is 5.76 Å². The van der Waals surface area contributed by atoms with Crippen molar-refractivity contribution < 1.29 is 27.9 Å². The molecule has 1 N–H and O–H groups in total. The smallest absolute Gasteiger partial charge is 0.338 e. The number of amides is 2. The monoisotopic (exact) mass is 436 g/mol. The first kappa shape index (κ1) is 21.3. The number of anilines is 1. The van der Waals surface area contributed by atoms with Crippen molar-refractivity contribution in [3.63, 3.8) is 0 Å². The molecule has 1 fully saturated rings. The number of esters is 1. The summed E-state index contributed by atoms with van der Waals surface area (Å²) in [4.78, 5) is 38.5. The van der Waals surface area contributed by atoms with Gasteiger partial charge in [-0.05, 0) is 48.5 Å². The Kier molecular flexibility index (Phi) is 6.30. The first-order chi connectivity index (χ1) is 15.5. The van der Waals surface area contributed by atoms with E-state index in [-0.39, 0.29) is 29.2 Å². The molecule has 7 nitrogen and oxygen atoms in total. The van der Waals surface area contributed by atoms with Gasteiger partial charge in [0.25, 0.3) is 11.8 Å². The van der Waals surface area contributed by atoms with Crippen molar-refractivity contribution in [2.45, 2.75) is 18.9 Å². The number of piperidine rings is 1. The molecule has 0 spiro atoms. The van der Waals surface area contributed by atoms with E-state index in [2.05, 4.69) is 5.32 Å². The number of nitrogens with zero attached hydrogens (tertiary/aromatic N) is 1. The molecule has 1 saturated heterocycles. The number of carbonyl (C=O) groups excluding carboxylic acids is 3. The zero-order valence-corrected chi connectivity index (χ0v) is 17.1. The van der Waals surface area contributed by atoms with Gasteiger partial charge in [-0.15, -0.1) is 0 Å². The highest BCUT2D eigenvalue weighted by molar-refractivity contribution is 6.02. The molecule has 4 rings (SSSR count). The average molecular weight is 436 g/mol. The summed E-state index contributed by atoms with van der Waals surface area (Å²) >= 11 is 0. The Morgan fingerprint density at radius 2 is 1.69 bits per heavy atom. The number of furan rings is 1. The Morgan fingerprint density at radius 3 is 2.34 bits per heavy atom. The van der Waals surface area contributed by atoms with Crippen LogP contribution in [-0.2, 0) is 4.74 Å². The molecule has 0 saturated carbocycles. The van der Waals surface area contributed by atoms with Crippen molar-refractivity contribution in [3.05, 3.63) is 89.6 Å². The number of nitrogens with one attached hydrogen (secondary N) is 1. The van der Waals surface area contributed by atoms with Crippen LogP contribution in [0.4, 0.5) is 10.1 Å². The van der Waals surface area contributed by atoms with E-state index in [1.165, 1.54) is 24.5 Å². The van der Waals surface area contributed by atoms with Crippen molar-refractivity contribution in [2.75, 3.05) is 18.4 Å². The normalized spacial score (nSPS) is 14.1. The van der Waals surface area contributed by atoms with Crippen LogP contribution in [0.2, 0.25) is 0 Å². The van der Waals surface area contributed by atoms with Crippen LogP contribution in [0.15, 0.2) is 71.3 Å². The minimum Gasteiger partial charge on any atom is -0.459 e. The summed E-state index contributed by atoms with van der Waals surface area (Å²) in [6, 6.07) is 15.4. The van der Waals surface area contributed by atoms with Crippen LogP contribution < -0.4 is 5.32 Å². The second-order valence-electron chi connectivity index (χ2n) is 7.39. The summed E-state index contributed by atoms with van der Waals surface area (Å²) in [6.45, 7) is 0.756. The molecule has 1 aromatic heterocycles. The Balaban J connectivity index is 1.28. The zero-order chi connectivity index (χ0) is 22.5. The highest BCUT2D eigenvalue weighted by Gasteiger charge is 2.27. The van der Waals surface area contributed by atoms with Crippen LogP contribution in [0.25, 0.3) is 0 Å². The van der Waals surface area contributed by atoms with E-state index < -0.39 is 11.8 Å². The lowest BCUT2D eigenvalue weighted by Crippen LogP contribution is -2.41. The summed E-state index contributed by atoms with van der Waals surface area (Å²) in [5, 5.41) is 2.68. The third-order valence-corrected chi connectivity index (χ3v) is 5.23. The first-order valence-electron chi connectivity index (χ1n) is 10.2. The van der Waals surface area contributed by atoms with Crippen molar-refractivity contribution in [3.8, 4) is 0 Å². The molecule has 0 radical (unpaired) electrons. The summed E-state index contributed by atoms with van der Waals surface area (Å²) in [7, 11) is 0. The van der Waals surface area contributed by atoms with Gasteiger partial charge in [-0.25, -0.2) is 9.18 Å². The van der Waals surface area contributed by atoms with Gasteiger partial charge in [0, 0.05) is 31.6 Å². The fourth-order valence-electron chi connectivity index (χ4n) is 3.49. The van der Waals surface area contributed by atoms with Crippen LogP contribution in [0.1, 0.15) is 44.1 Å². The lowest BCUT2D eigenvalue weighted by atomic mass is 10.1. The lowest BCUT2D eigenvalue weighted by Gasteiger charge is -2.31. The fraction of sp³-hybridized carbons (Fsp3) is 0.208. The molecule has 1 aliphatic rings. The molecule has 2 amide bonds. The maximum absolute atomic E-state index is 13.9. The van der Waals surface area contributed by atoms with Crippen molar-refractivity contribution in [2.24, 2.45) is 0 Å². The number of rotatable bonds is 5. The van der Waals surface area contributed by atoms with Gasteiger partial charge in [0.2, 0.25) is 0 Å². The number of hydrogen-bond acceptors (Lipinski definition) is 5. The summed E-state index contributed by atoms with van der Waals surface area (Å²) < 4.78 is 24.5. The predicted molar refractivity (Wildman–Crippen MR) is 114 cm³/mol. The SMILES string of the molecule is O=C(OC1CCN(C(=O)c2ccccc2F)CC1)c1ccc(NC(=O)c2ccco2)cc1. The van der Waals surface area contributed by atoms with E-state index in [4.69, 9.17) is 9.15 Å². The molecule has 8 heteroatoms. The lowest BCUT2D eigenvalue weighted by molar-refractivity contribution is 0.0120. The van der Waals surface area contributed by atoms with Gasteiger partial charge in [-0.2, -0.15) is 0 Å². The minimum absolute atomic E-state index is 0.0437. The van der Waals surface area contributed by atoms with Crippen molar-refractivity contribution in [1.29, 1.82) is 0 Å². The number of hydrogen-bond donors (Lipinski definition) is 1. The number of halogens is 1. The van der Waals surface area contributed by atoms with Crippen LogP contribution in [0.5, 0.6) is 0 Å². The third-order valence-electron chi connectivity index (χ3n) is 5.23. The van der Waals surface area contributed by atoms with E-state index in [1.54, 1.807) is 47.4 Å². The minimum atomic E-state index is -0.546. The molecular weight excluding hydrogens is 415 g/mol. The molecule has 164 valence electrons. The molecule has 2 heterocycles. The number of ether oxygens (including phenoxy) is 1. The molecule has 3 aromatic rings. The third kappa shape index (κ3) is 4.85. The standard InChI is InChI=1S/C24H21FN2O5/c25-20-5-2-1-4-19(20)23(29)27-13-11-18(12-14-27)32-24(30)16-7-9-17(10-8-16)26-22(28)21-6-3-15-31-21/h1-10,15,18H,11-14H2,(H,26,28). The largest absolute Gasteiger partial charge is 0.459 e. The molecule has 0 atom stereocenters. The van der Waals surface area contributed by atoms with Gasteiger partial charge < -0.3 is 19.4 Å². The van der Waals surface area contributed by atoms with Gasteiger partial charge in [0.1, 0.15) is 11.9 Å². The van der Waals surface area contributed by atoms with E-state index >= 15 is 0 Å². The predicted octanol–water partition coefficient (Wildman–Crippen LogP) is 4.13. The molecule has 1 aliphatic heterocycles. The molecule has 0 bridgehead atoms. The molecular formula is C24H21FN2O5. The Hall–Kier alpha value is -3.94. The summed E-state index contributed by atoms with van der Waals surface area (Å²) in [5.41, 5.74) is 0.913. The molecule has 0 aliphatic carbocycles. The van der Waals surface area contributed by atoms with E-state index in [1.807, 2.05) is 0 Å². The van der Waals surface area contributed by atoms with E-state index in [9.17, 15) is 18.8 Å². The van der Waals surface area contributed by atoms with Crippen LogP contribution in [-0.4, -0.2) is 41.9 Å². The number of carbonyl (C=O) groups is 3. The zero-order valence-electron chi connectivity index (χ0n) is 17.1. The average Bonchev–Trinajstić information content (AvgIpc) is 3.35. The van der Waals surface area contributed by atoms with Crippen LogP contribution in [0, 0.1) is 5.82 Å². The van der Waals surface area contributed by atoms with Gasteiger partial charge in [-0.1, -0.05) is 12.1 Å². The van der Waals surface area contributed by atoms with Crippen LogP contribution >= 0.6 is 0 Å². The first-order valence-corrected chi connectivity index (χ1v) is 10.2. The molecule has 2 aromatic carbocycles. The van der Waals surface area contributed by atoms with Gasteiger partial charge >= 0.3 is 5.97 Å². The van der Waals surface area contributed by atoms with Gasteiger partial charge in [0.05, 0.1) is 17.4 Å². The second-order valence-corrected chi connectivity index (χ2v) is 7.39. The molecule has 0 unspecified atom stereocenters. The highest BCUT2D eigenvalue weighted by Crippen LogP contribution is 2.20. The summed E-state index contributed by atoms with van der Waals surface area (Å²) in [5.74, 6) is -1.59. The molecule has 32 heavy (non-hydrogen) atoms. The maximum Gasteiger partial charge on any atom is 0.338 e. The van der Waals surface area contributed by atoms with E-state index in [0.717, 1.165) is 0 Å². The number of benzene rings is 2. The Morgan fingerprint density at radius 1 is 0.969 bits per heavy atom. The van der Waals surface area contributed by atoms with Crippen molar-refractivity contribution in [1.82, 2.24) is 4.90 Å². The van der Waals surface area contributed by atoms with E-state index in [0.29, 0.717) is 37.2 Å². The second kappa shape index (κ2) is 9.47. The Bertz CT molecular complexity index is 1100. The topological polar surface area (TPSA) is 88.9 Å². The highest BCUT2D eigenvalue weighted by atomic mass is 19.1. The summed E-state index contributed by atoms with van der Waals surface area (Å²) in [6.07, 6.45) is 2.03. The maximum atomic E-state index is 13.9. The Labute approximate surface area is 183 Å². The van der Waals surface area contributed by atoms with Crippen molar-refractivity contribution >= 4 is 23.5 Å². The number of likely N-dealkylation sites (tertiary alicyclic amines) is 1. The van der Waals surface area contributed by atoms with Gasteiger partial charge in [-0.3, -0.25) is 9.59 Å².